The van der Waals surface area contributed by atoms with E-state index in [1.54, 1.807) is 12.3 Å². The highest BCUT2D eigenvalue weighted by molar-refractivity contribution is 6.06. The van der Waals surface area contributed by atoms with Gasteiger partial charge in [-0.3, -0.25) is 14.6 Å². The highest BCUT2D eigenvalue weighted by Gasteiger charge is 2.27. The van der Waals surface area contributed by atoms with E-state index in [-0.39, 0.29) is 11.8 Å². The summed E-state index contributed by atoms with van der Waals surface area (Å²) in [4.78, 5) is 32.5. The van der Waals surface area contributed by atoms with Gasteiger partial charge in [0.1, 0.15) is 0 Å². The average Bonchev–Trinajstić information content (AvgIpc) is 3.35. The first-order chi connectivity index (χ1) is 15.2. The second-order valence-corrected chi connectivity index (χ2v) is 8.24. The van der Waals surface area contributed by atoms with Gasteiger partial charge in [-0.15, -0.1) is 0 Å². The van der Waals surface area contributed by atoms with Crippen LogP contribution in [0.4, 0.5) is 0 Å². The topological polar surface area (TPSA) is 71.5 Å². The van der Waals surface area contributed by atoms with Crippen molar-refractivity contribution in [3.05, 3.63) is 77.0 Å². The summed E-state index contributed by atoms with van der Waals surface area (Å²) in [6.07, 6.45) is 3.40. The van der Waals surface area contributed by atoms with Gasteiger partial charge < -0.3 is 15.0 Å². The Morgan fingerprint density at radius 2 is 2.00 bits per heavy atom. The Morgan fingerprint density at radius 1 is 1.10 bits per heavy atom. The van der Waals surface area contributed by atoms with Gasteiger partial charge in [0.15, 0.2) is 0 Å². The van der Waals surface area contributed by atoms with Gasteiger partial charge in [-0.2, -0.15) is 0 Å². The van der Waals surface area contributed by atoms with Crippen molar-refractivity contribution in [1.29, 1.82) is 0 Å². The molecule has 3 heterocycles. The molecule has 2 aliphatic rings. The summed E-state index contributed by atoms with van der Waals surface area (Å²) in [7, 11) is 0. The van der Waals surface area contributed by atoms with E-state index in [0.717, 1.165) is 41.5 Å². The Morgan fingerprint density at radius 3 is 2.87 bits per heavy atom. The molecule has 2 aromatic carbocycles. The molecule has 6 nitrogen and oxygen atoms in total. The minimum absolute atomic E-state index is 0.0254. The molecule has 0 bridgehead atoms. The van der Waals surface area contributed by atoms with Gasteiger partial charge in [0.05, 0.1) is 17.7 Å². The molecular formula is C25H25N3O3. The third kappa shape index (κ3) is 3.91. The SMILES string of the molecule is O=C(NCC1CCOC1)c1cccc2c1CN(C(=O)c1ccnc3ccccc13)CC2. The van der Waals surface area contributed by atoms with Crippen LogP contribution < -0.4 is 5.32 Å². The number of nitrogens with one attached hydrogen (secondary N) is 1. The van der Waals surface area contributed by atoms with Crippen molar-refractivity contribution in [3.8, 4) is 0 Å². The van der Waals surface area contributed by atoms with Crippen molar-refractivity contribution in [2.75, 3.05) is 26.3 Å². The molecule has 158 valence electrons. The lowest BCUT2D eigenvalue weighted by atomic mass is 9.93. The fourth-order valence-corrected chi connectivity index (χ4v) is 4.50. The van der Waals surface area contributed by atoms with E-state index in [1.807, 2.05) is 41.3 Å². The fraction of sp³-hybridized carbons (Fsp3) is 0.320. The summed E-state index contributed by atoms with van der Waals surface area (Å²) < 4.78 is 5.40. The van der Waals surface area contributed by atoms with Gasteiger partial charge in [0.25, 0.3) is 11.8 Å². The van der Waals surface area contributed by atoms with Gasteiger partial charge >= 0.3 is 0 Å². The molecule has 1 N–H and O–H groups in total. The number of nitrogens with zero attached hydrogens (tertiary/aromatic N) is 2. The predicted molar refractivity (Wildman–Crippen MR) is 118 cm³/mol. The monoisotopic (exact) mass is 415 g/mol. The first-order valence-electron chi connectivity index (χ1n) is 10.8. The molecule has 1 saturated heterocycles. The third-order valence-corrected chi connectivity index (χ3v) is 6.26. The molecule has 31 heavy (non-hydrogen) atoms. The second-order valence-electron chi connectivity index (χ2n) is 8.24. The normalized spacial score (nSPS) is 18.1. The Bertz CT molecular complexity index is 1130. The zero-order valence-electron chi connectivity index (χ0n) is 17.3. The molecule has 1 fully saturated rings. The Kier molecular flexibility index (Phi) is 5.38. The van der Waals surface area contributed by atoms with Crippen LogP contribution in [0.15, 0.2) is 54.7 Å². The van der Waals surface area contributed by atoms with Crippen molar-refractivity contribution in [2.24, 2.45) is 5.92 Å². The highest BCUT2D eigenvalue weighted by atomic mass is 16.5. The molecule has 0 radical (unpaired) electrons. The van der Waals surface area contributed by atoms with E-state index in [2.05, 4.69) is 16.4 Å². The summed E-state index contributed by atoms with van der Waals surface area (Å²) in [5.74, 6) is 0.275. The number of carbonyl (C=O) groups is 2. The van der Waals surface area contributed by atoms with Crippen LogP contribution in [0, 0.1) is 5.92 Å². The number of carbonyl (C=O) groups excluding carboxylic acids is 2. The largest absolute Gasteiger partial charge is 0.381 e. The zero-order valence-corrected chi connectivity index (χ0v) is 17.3. The molecule has 0 aliphatic carbocycles. The van der Waals surface area contributed by atoms with Crippen LogP contribution >= 0.6 is 0 Å². The maximum absolute atomic E-state index is 13.4. The zero-order chi connectivity index (χ0) is 21.2. The molecule has 3 aromatic rings. The van der Waals surface area contributed by atoms with Crippen molar-refractivity contribution in [2.45, 2.75) is 19.4 Å². The Hall–Kier alpha value is -3.25. The summed E-state index contributed by atoms with van der Waals surface area (Å²) in [5.41, 5.74) is 4.20. The third-order valence-electron chi connectivity index (χ3n) is 6.26. The van der Waals surface area contributed by atoms with Crippen LogP contribution in [0.5, 0.6) is 0 Å². The lowest BCUT2D eigenvalue weighted by Crippen LogP contribution is -2.38. The quantitative estimate of drug-likeness (QED) is 0.710. The second kappa shape index (κ2) is 8.47. The molecule has 0 saturated carbocycles. The van der Waals surface area contributed by atoms with E-state index in [4.69, 9.17) is 4.74 Å². The summed E-state index contributed by atoms with van der Waals surface area (Å²) in [6, 6.07) is 15.3. The molecule has 1 atom stereocenters. The van der Waals surface area contributed by atoms with Gasteiger partial charge in [-0.25, -0.2) is 0 Å². The molecule has 1 unspecified atom stereocenters. The first-order valence-corrected chi connectivity index (χ1v) is 10.8. The summed E-state index contributed by atoms with van der Waals surface area (Å²) in [6.45, 7) is 3.15. The van der Waals surface area contributed by atoms with Gasteiger partial charge in [0.2, 0.25) is 0 Å². The number of hydrogen-bond acceptors (Lipinski definition) is 4. The molecule has 6 heteroatoms. The average molecular weight is 415 g/mol. The highest BCUT2D eigenvalue weighted by Crippen LogP contribution is 2.26. The molecule has 0 spiro atoms. The number of benzene rings is 2. The van der Waals surface area contributed by atoms with Crippen molar-refractivity contribution in [3.63, 3.8) is 0 Å². The van der Waals surface area contributed by atoms with Gasteiger partial charge in [0, 0.05) is 49.3 Å². The van der Waals surface area contributed by atoms with E-state index in [9.17, 15) is 9.59 Å². The van der Waals surface area contributed by atoms with Crippen LogP contribution in [0.25, 0.3) is 10.9 Å². The molecule has 5 rings (SSSR count). The summed E-state index contributed by atoms with van der Waals surface area (Å²) >= 11 is 0. The van der Waals surface area contributed by atoms with Crippen LogP contribution in [-0.4, -0.2) is 48.0 Å². The molecule has 2 aliphatic heterocycles. The minimum Gasteiger partial charge on any atom is -0.381 e. The Labute approximate surface area is 181 Å². The number of amides is 2. The number of ether oxygens (including phenoxy) is 1. The van der Waals surface area contributed by atoms with Crippen molar-refractivity contribution >= 4 is 22.7 Å². The van der Waals surface area contributed by atoms with Crippen LogP contribution in [0.1, 0.15) is 38.3 Å². The lowest BCUT2D eigenvalue weighted by molar-refractivity contribution is 0.0733. The maximum atomic E-state index is 13.4. The van der Waals surface area contributed by atoms with Crippen LogP contribution in [0.2, 0.25) is 0 Å². The van der Waals surface area contributed by atoms with E-state index in [0.29, 0.717) is 43.3 Å². The molecule has 1 aromatic heterocycles. The summed E-state index contributed by atoms with van der Waals surface area (Å²) in [5, 5.41) is 3.91. The predicted octanol–water partition coefficient (Wildman–Crippen LogP) is 3.20. The van der Waals surface area contributed by atoms with Crippen LogP contribution in [0.3, 0.4) is 0 Å². The van der Waals surface area contributed by atoms with Crippen LogP contribution in [-0.2, 0) is 17.7 Å². The molecule has 2 amide bonds. The van der Waals surface area contributed by atoms with Gasteiger partial charge in [-0.1, -0.05) is 30.3 Å². The first kappa shape index (κ1) is 19.7. The minimum atomic E-state index is -0.0765. The maximum Gasteiger partial charge on any atom is 0.254 e. The number of hydrogen-bond donors (Lipinski definition) is 1. The Balaban J connectivity index is 1.38. The number of pyridine rings is 1. The lowest BCUT2D eigenvalue weighted by Gasteiger charge is -2.30. The van der Waals surface area contributed by atoms with E-state index in [1.165, 1.54) is 0 Å². The van der Waals surface area contributed by atoms with Crippen molar-refractivity contribution in [1.82, 2.24) is 15.2 Å². The van der Waals surface area contributed by atoms with E-state index < -0.39 is 0 Å². The number of aromatic nitrogens is 1. The smallest absolute Gasteiger partial charge is 0.254 e. The molecular weight excluding hydrogens is 390 g/mol. The van der Waals surface area contributed by atoms with Gasteiger partial charge in [-0.05, 0) is 42.2 Å². The standard InChI is InChI=1S/C25H25N3O3/c29-24(27-14-17-10-13-31-16-17)20-6-3-4-18-9-12-28(15-22(18)20)25(30)21-8-11-26-23-7-2-1-5-19(21)23/h1-8,11,17H,9-10,12-16H2,(H,27,29). The van der Waals surface area contributed by atoms with Crippen molar-refractivity contribution < 1.29 is 14.3 Å². The van der Waals surface area contributed by atoms with E-state index >= 15 is 0 Å². The number of fused-ring (bicyclic) bond motifs is 2. The number of rotatable bonds is 4. The number of para-hydroxylation sites is 1. The fourth-order valence-electron chi connectivity index (χ4n) is 4.50.